The lowest BCUT2D eigenvalue weighted by atomic mass is 10.1. The molecule has 0 bridgehead atoms. The molecular formula is C18H17F3N4OS. The van der Waals surface area contributed by atoms with Crippen LogP contribution < -0.4 is 4.90 Å². The van der Waals surface area contributed by atoms with Crippen molar-refractivity contribution in [3.63, 3.8) is 0 Å². The molecule has 4 rings (SSSR count). The summed E-state index contributed by atoms with van der Waals surface area (Å²) < 4.78 is 38.2. The van der Waals surface area contributed by atoms with E-state index >= 15 is 0 Å². The highest BCUT2D eigenvalue weighted by Gasteiger charge is 2.34. The molecule has 1 amide bonds. The first kappa shape index (κ1) is 17.8. The molecule has 0 unspecified atom stereocenters. The lowest BCUT2D eigenvalue weighted by Crippen LogP contribution is -2.49. The smallest absolute Gasteiger partial charge is 0.361 e. The molecule has 0 aliphatic carbocycles. The summed E-state index contributed by atoms with van der Waals surface area (Å²) in [6.45, 7) is 1.90. The second-order valence-corrected chi connectivity index (χ2v) is 7.42. The largest absolute Gasteiger partial charge is 0.427 e. The standard InChI is InChI=1S/C18H17F3N4OS/c19-18(20,21)15-11-23-17(27-15)25-7-5-24(6-8-25)16(26)9-12-10-22-14-4-2-1-3-13(12)14/h1-4,10-11,22H,5-9H2. The average molecular weight is 394 g/mol. The van der Waals surface area contributed by atoms with Gasteiger partial charge in [0.1, 0.15) is 4.88 Å². The summed E-state index contributed by atoms with van der Waals surface area (Å²) in [6, 6.07) is 7.82. The van der Waals surface area contributed by atoms with Crippen LogP contribution in [0, 0.1) is 0 Å². The number of carbonyl (C=O) groups is 1. The normalized spacial score (nSPS) is 15.5. The van der Waals surface area contributed by atoms with Crippen LogP contribution in [0.2, 0.25) is 0 Å². The van der Waals surface area contributed by atoms with Crippen LogP contribution in [0.1, 0.15) is 10.4 Å². The zero-order chi connectivity index (χ0) is 19.0. The van der Waals surface area contributed by atoms with E-state index in [4.69, 9.17) is 0 Å². The van der Waals surface area contributed by atoms with Gasteiger partial charge >= 0.3 is 6.18 Å². The Morgan fingerprint density at radius 1 is 1.19 bits per heavy atom. The molecular weight excluding hydrogens is 377 g/mol. The van der Waals surface area contributed by atoms with Gasteiger partial charge in [-0.15, -0.1) is 0 Å². The number of nitrogens with zero attached hydrogens (tertiary/aromatic N) is 3. The van der Waals surface area contributed by atoms with Gasteiger partial charge in [-0.2, -0.15) is 13.2 Å². The van der Waals surface area contributed by atoms with Gasteiger partial charge in [0.15, 0.2) is 5.13 Å². The molecule has 1 N–H and O–H groups in total. The Kier molecular flexibility index (Phi) is 4.55. The van der Waals surface area contributed by atoms with Gasteiger partial charge in [-0.1, -0.05) is 29.5 Å². The number of aromatic nitrogens is 2. The summed E-state index contributed by atoms with van der Waals surface area (Å²) in [5.41, 5.74) is 1.95. The molecule has 142 valence electrons. The maximum atomic E-state index is 12.7. The third-order valence-electron chi connectivity index (χ3n) is 4.69. The number of piperazine rings is 1. The van der Waals surface area contributed by atoms with E-state index < -0.39 is 11.1 Å². The SMILES string of the molecule is O=C(Cc1c[nH]c2ccccc12)N1CCN(c2ncc(C(F)(F)F)s2)CC1. The van der Waals surface area contributed by atoms with E-state index in [0.29, 0.717) is 49.1 Å². The quantitative estimate of drug-likeness (QED) is 0.739. The maximum absolute atomic E-state index is 12.7. The topological polar surface area (TPSA) is 52.2 Å². The van der Waals surface area contributed by atoms with E-state index in [0.717, 1.165) is 22.7 Å². The number of rotatable bonds is 3. The molecule has 2 aromatic heterocycles. The molecule has 3 heterocycles. The number of nitrogens with one attached hydrogen (secondary N) is 1. The van der Waals surface area contributed by atoms with Crippen LogP contribution >= 0.6 is 11.3 Å². The predicted octanol–water partition coefficient (Wildman–Crippen LogP) is 3.53. The van der Waals surface area contributed by atoms with Crippen LogP contribution in [0.15, 0.2) is 36.7 Å². The number of amides is 1. The van der Waals surface area contributed by atoms with Gasteiger partial charge < -0.3 is 14.8 Å². The van der Waals surface area contributed by atoms with Crippen molar-refractivity contribution >= 4 is 33.3 Å². The molecule has 5 nitrogen and oxygen atoms in total. The number of alkyl halides is 3. The first-order chi connectivity index (χ1) is 12.9. The molecule has 9 heteroatoms. The van der Waals surface area contributed by atoms with Gasteiger partial charge in [-0.05, 0) is 11.6 Å². The lowest BCUT2D eigenvalue weighted by molar-refractivity contribution is -0.134. The van der Waals surface area contributed by atoms with Crippen LogP contribution in [0.5, 0.6) is 0 Å². The van der Waals surface area contributed by atoms with Gasteiger partial charge in [0, 0.05) is 43.3 Å². The van der Waals surface area contributed by atoms with E-state index in [1.807, 2.05) is 30.5 Å². The van der Waals surface area contributed by atoms with E-state index in [2.05, 4.69) is 9.97 Å². The van der Waals surface area contributed by atoms with Crippen molar-refractivity contribution in [3.8, 4) is 0 Å². The van der Waals surface area contributed by atoms with Crippen LogP contribution in [0.4, 0.5) is 18.3 Å². The zero-order valence-electron chi connectivity index (χ0n) is 14.3. The third-order valence-corrected chi connectivity index (χ3v) is 5.80. The van der Waals surface area contributed by atoms with Gasteiger partial charge in [-0.3, -0.25) is 4.79 Å². The van der Waals surface area contributed by atoms with Gasteiger partial charge in [-0.25, -0.2) is 4.98 Å². The fourth-order valence-electron chi connectivity index (χ4n) is 3.24. The van der Waals surface area contributed by atoms with Crippen molar-refractivity contribution in [2.75, 3.05) is 31.1 Å². The average Bonchev–Trinajstić information content (AvgIpc) is 3.30. The summed E-state index contributed by atoms with van der Waals surface area (Å²) in [4.78, 5) is 22.5. The number of fused-ring (bicyclic) bond motifs is 1. The van der Waals surface area contributed by atoms with Crippen molar-refractivity contribution in [2.45, 2.75) is 12.6 Å². The minimum atomic E-state index is -4.37. The third kappa shape index (κ3) is 3.64. The Labute approximate surface area is 157 Å². The lowest BCUT2D eigenvalue weighted by Gasteiger charge is -2.34. The summed E-state index contributed by atoms with van der Waals surface area (Å²) >= 11 is 0.643. The van der Waals surface area contributed by atoms with Crippen LogP contribution in [-0.2, 0) is 17.4 Å². The minimum absolute atomic E-state index is 0.0227. The van der Waals surface area contributed by atoms with Crippen molar-refractivity contribution in [3.05, 3.63) is 47.1 Å². The fourth-order valence-corrected chi connectivity index (χ4v) is 4.08. The maximum Gasteiger partial charge on any atom is 0.427 e. The first-order valence-corrected chi connectivity index (χ1v) is 9.34. The number of hydrogen-bond donors (Lipinski definition) is 1. The van der Waals surface area contributed by atoms with Crippen LogP contribution in [-0.4, -0.2) is 47.0 Å². The summed E-state index contributed by atoms with van der Waals surface area (Å²) in [6.07, 6.45) is -1.34. The Morgan fingerprint density at radius 2 is 1.93 bits per heavy atom. The van der Waals surface area contributed by atoms with E-state index in [-0.39, 0.29) is 5.91 Å². The predicted molar refractivity (Wildman–Crippen MR) is 97.9 cm³/mol. The Bertz CT molecular complexity index is 957. The highest BCUT2D eigenvalue weighted by molar-refractivity contribution is 7.15. The number of hydrogen-bond acceptors (Lipinski definition) is 4. The van der Waals surface area contributed by atoms with Crippen molar-refractivity contribution < 1.29 is 18.0 Å². The Morgan fingerprint density at radius 3 is 2.63 bits per heavy atom. The summed E-state index contributed by atoms with van der Waals surface area (Å²) in [5.74, 6) is 0.0227. The van der Waals surface area contributed by atoms with Crippen LogP contribution in [0.25, 0.3) is 10.9 Å². The highest BCUT2D eigenvalue weighted by Crippen LogP contribution is 2.36. The molecule has 27 heavy (non-hydrogen) atoms. The van der Waals surface area contributed by atoms with Gasteiger partial charge in [0.25, 0.3) is 0 Å². The van der Waals surface area contributed by atoms with Gasteiger partial charge in [0.2, 0.25) is 5.91 Å². The molecule has 1 aliphatic rings. The molecule has 1 fully saturated rings. The van der Waals surface area contributed by atoms with E-state index in [9.17, 15) is 18.0 Å². The minimum Gasteiger partial charge on any atom is -0.361 e. The second-order valence-electron chi connectivity index (χ2n) is 6.41. The molecule has 0 radical (unpaired) electrons. The second kappa shape index (κ2) is 6.88. The van der Waals surface area contributed by atoms with Crippen molar-refractivity contribution in [2.24, 2.45) is 0 Å². The molecule has 1 aliphatic heterocycles. The van der Waals surface area contributed by atoms with E-state index in [1.54, 1.807) is 9.80 Å². The highest BCUT2D eigenvalue weighted by atomic mass is 32.1. The molecule has 0 saturated carbocycles. The number of thiazole rings is 1. The van der Waals surface area contributed by atoms with Crippen LogP contribution in [0.3, 0.4) is 0 Å². The monoisotopic (exact) mass is 394 g/mol. The number of anilines is 1. The zero-order valence-corrected chi connectivity index (χ0v) is 15.1. The number of benzene rings is 1. The number of H-pyrrole nitrogens is 1. The number of para-hydroxylation sites is 1. The number of carbonyl (C=O) groups excluding carboxylic acids is 1. The van der Waals surface area contributed by atoms with Gasteiger partial charge in [0.05, 0.1) is 12.6 Å². The summed E-state index contributed by atoms with van der Waals surface area (Å²) in [5, 5.41) is 1.39. The molecule has 0 spiro atoms. The molecule has 1 aromatic carbocycles. The molecule has 1 saturated heterocycles. The first-order valence-electron chi connectivity index (χ1n) is 8.52. The van der Waals surface area contributed by atoms with Crippen molar-refractivity contribution in [1.29, 1.82) is 0 Å². The number of aromatic amines is 1. The van der Waals surface area contributed by atoms with Crippen molar-refractivity contribution in [1.82, 2.24) is 14.9 Å². The Balaban J connectivity index is 1.37. The Hall–Kier alpha value is -2.55. The molecule has 0 atom stereocenters. The summed E-state index contributed by atoms with van der Waals surface area (Å²) in [7, 11) is 0. The number of halogens is 3. The fraction of sp³-hybridized carbons (Fsp3) is 0.333. The molecule has 3 aromatic rings. The van der Waals surface area contributed by atoms with E-state index in [1.165, 1.54) is 0 Å².